The third-order valence-electron chi connectivity index (χ3n) is 3.96. The largest absolute Gasteiger partial charge is 0.261 e. The molecular formula is C17H17N. The van der Waals surface area contributed by atoms with Crippen LogP contribution < -0.4 is 0 Å². The molecule has 1 aliphatic carbocycles. The fourth-order valence-corrected chi connectivity index (χ4v) is 2.77. The summed E-state index contributed by atoms with van der Waals surface area (Å²) >= 11 is 0. The summed E-state index contributed by atoms with van der Waals surface area (Å²) in [6, 6.07) is 14.9. The van der Waals surface area contributed by atoms with Crippen LogP contribution in [0.25, 0.3) is 5.57 Å². The number of nitrogens with zero attached hydrogens (tertiary/aromatic N) is 1. The second-order valence-corrected chi connectivity index (χ2v) is 4.97. The molecule has 1 aromatic carbocycles. The van der Waals surface area contributed by atoms with Crippen LogP contribution in [0.1, 0.15) is 36.6 Å². The smallest absolute Gasteiger partial charge is 0.0447 e. The van der Waals surface area contributed by atoms with E-state index in [0.717, 1.165) is 12.1 Å². The van der Waals surface area contributed by atoms with Crippen molar-refractivity contribution in [3.63, 3.8) is 0 Å². The van der Waals surface area contributed by atoms with Crippen molar-refractivity contribution in [3.05, 3.63) is 71.1 Å². The molecule has 0 fully saturated rings. The van der Waals surface area contributed by atoms with Gasteiger partial charge in [0.15, 0.2) is 0 Å². The minimum absolute atomic E-state index is 0.542. The van der Waals surface area contributed by atoms with Crippen molar-refractivity contribution < 1.29 is 0 Å². The Morgan fingerprint density at radius 1 is 1.06 bits per heavy atom. The van der Waals surface area contributed by atoms with Gasteiger partial charge in [0.25, 0.3) is 0 Å². The molecule has 2 aromatic rings. The van der Waals surface area contributed by atoms with Crippen LogP contribution in [0, 0.1) is 0 Å². The van der Waals surface area contributed by atoms with Gasteiger partial charge in [-0.2, -0.15) is 0 Å². The lowest BCUT2D eigenvalue weighted by Crippen LogP contribution is -1.93. The normalized spacial score (nSPS) is 18.0. The molecular weight excluding hydrogens is 218 g/mol. The Bertz CT molecular complexity index is 596. The Morgan fingerprint density at radius 3 is 2.61 bits per heavy atom. The molecule has 1 unspecified atom stereocenters. The van der Waals surface area contributed by atoms with Crippen LogP contribution in [-0.2, 0) is 6.42 Å². The highest BCUT2D eigenvalue weighted by Crippen LogP contribution is 2.42. The van der Waals surface area contributed by atoms with E-state index in [9.17, 15) is 0 Å². The summed E-state index contributed by atoms with van der Waals surface area (Å²) in [5.41, 5.74) is 6.96. The summed E-state index contributed by atoms with van der Waals surface area (Å²) in [6.07, 6.45) is 2.81. The average Bonchev–Trinajstić information content (AvgIpc) is 2.66. The van der Waals surface area contributed by atoms with Crippen molar-refractivity contribution >= 4 is 5.57 Å². The van der Waals surface area contributed by atoms with Gasteiger partial charge in [-0.15, -0.1) is 0 Å². The van der Waals surface area contributed by atoms with Crippen molar-refractivity contribution in [2.45, 2.75) is 26.2 Å². The maximum absolute atomic E-state index is 4.44. The molecule has 0 bridgehead atoms. The fraction of sp³-hybridized carbons (Fsp3) is 0.235. The van der Waals surface area contributed by atoms with Gasteiger partial charge in [-0.3, -0.25) is 4.98 Å². The van der Waals surface area contributed by atoms with E-state index in [0.29, 0.717) is 5.92 Å². The fourth-order valence-electron chi connectivity index (χ4n) is 2.77. The van der Waals surface area contributed by atoms with Crippen LogP contribution in [0.15, 0.2) is 54.2 Å². The molecule has 0 saturated carbocycles. The lowest BCUT2D eigenvalue weighted by molar-refractivity contribution is 0.918. The average molecular weight is 235 g/mol. The number of aromatic nitrogens is 1. The summed E-state index contributed by atoms with van der Waals surface area (Å²) in [5.74, 6) is 0.542. The molecule has 1 heterocycles. The van der Waals surface area contributed by atoms with E-state index in [4.69, 9.17) is 0 Å². The molecule has 0 radical (unpaired) electrons. The number of benzene rings is 1. The molecule has 90 valence electrons. The van der Waals surface area contributed by atoms with Gasteiger partial charge in [0.1, 0.15) is 0 Å². The van der Waals surface area contributed by atoms with E-state index in [-0.39, 0.29) is 0 Å². The van der Waals surface area contributed by atoms with Gasteiger partial charge in [-0.1, -0.05) is 42.8 Å². The molecule has 0 saturated heterocycles. The summed E-state index contributed by atoms with van der Waals surface area (Å²) in [7, 11) is 0. The first-order valence-electron chi connectivity index (χ1n) is 6.46. The van der Waals surface area contributed by atoms with Crippen LogP contribution in [0.5, 0.6) is 0 Å². The van der Waals surface area contributed by atoms with Crippen LogP contribution in [0.4, 0.5) is 0 Å². The second kappa shape index (κ2) is 4.41. The summed E-state index contributed by atoms with van der Waals surface area (Å²) in [4.78, 5) is 4.44. The zero-order valence-corrected chi connectivity index (χ0v) is 10.9. The van der Waals surface area contributed by atoms with Crippen LogP contribution in [0.3, 0.4) is 0 Å². The Labute approximate surface area is 108 Å². The van der Waals surface area contributed by atoms with Gasteiger partial charge < -0.3 is 0 Å². The third-order valence-corrected chi connectivity index (χ3v) is 3.96. The van der Waals surface area contributed by atoms with Crippen LogP contribution in [0.2, 0.25) is 0 Å². The molecule has 1 nitrogen and oxygen atoms in total. The molecule has 0 aliphatic heterocycles. The highest BCUT2D eigenvalue weighted by Gasteiger charge is 2.24. The molecule has 18 heavy (non-hydrogen) atoms. The molecule has 0 N–H and O–H groups in total. The van der Waals surface area contributed by atoms with Gasteiger partial charge in [0, 0.05) is 24.2 Å². The standard InChI is InChI=1S/C17H17N/c1-12-13(2)17(11-14-7-5-6-10-18-14)16-9-4-3-8-15(12)16/h3-10,12H,11H2,1-2H3. The van der Waals surface area contributed by atoms with Crippen LogP contribution in [-0.4, -0.2) is 4.98 Å². The minimum Gasteiger partial charge on any atom is -0.261 e. The number of rotatable bonds is 2. The molecule has 0 amide bonds. The lowest BCUT2D eigenvalue weighted by atomic mass is 9.99. The van der Waals surface area contributed by atoms with E-state index in [1.54, 1.807) is 0 Å². The molecule has 1 aliphatic rings. The molecule has 0 spiro atoms. The van der Waals surface area contributed by atoms with Crippen molar-refractivity contribution in [1.82, 2.24) is 4.98 Å². The molecule has 1 aromatic heterocycles. The number of fused-ring (bicyclic) bond motifs is 1. The predicted molar refractivity (Wildman–Crippen MR) is 75.4 cm³/mol. The molecule has 3 rings (SSSR count). The monoisotopic (exact) mass is 235 g/mol. The lowest BCUT2D eigenvalue weighted by Gasteiger charge is -2.06. The highest BCUT2D eigenvalue weighted by atomic mass is 14.7. The SMILES string of the molecule is CC1=C(Cc2ccccn2)c2ccccc2C1C. The Kier molecular flexibility index (Phi) is 2.75. The Morgan fingerprint density at radius 2 is 1.83 bits per heavy atom. The number of hydrogen-bond acceptors (Lipinski definition) is 1. The summed E-state index contributed by atoms with van der Waals surface area (Å²) < 4.78 is 0. The zero-order chi connectivity index (χ0) is 12.5. The van der Waals surface area contributed by atoms with Gasteiger partial charge in [0.2, 0.25) is 0 Å². The first kappa shape index (κ1) is 11.2. The topological polar surface area (TPSA) is 12.9 Å². The van der Waals surface area contributed by atoms with Gasteiger partial charge in [0.05, 0.1) is 0 Å². The highest BCUT2D eigenvalue weighted by molar-refractivity contribution is 5.78. The summed E-state index contributed by atoms with van der Waals surface area (Å²) in [6.45, 7) is 4.54. The van der Waals surface area contributed by atoms with E-state index in [1.807, 2.05) is 12.3 Å². The maximum atomic E-state index is 4.44. The Hall–Kier alpha value is -1.89. The Balaban J connectivity index is 2.02. The zero-order valence-electron chi connectivity index (χ0n) is 10.9. The van der Waals surface area contributed by atoms with Crippen molar-refractivity contribution in [3.8, 4) is 0 Å². The van der Waals surface area contributed by atoms with E-state index in [2.05, 4.69) is 55.2 Å². The van der Waals surface area contributed by atoms with Gasteiger partial charge in [-0.05, 0) is 35.8 Å². The number of pyridine rings is 1. The molecule has 1 heteroatoms. The second-order valence-electron chi connectivity index (χ2n) is 4.97. The maximum Gasteiger partial charge on any atom is 0.0447 e. The third kappa shape index (κ3) is 1.76. The first-order valence-corrected chi connectivity index (χ1v) is 6.46. The van der Waals surface area contributed by atoms with Gasteiger partial charge >= 0.3 is 0 Å². The van der Waals surface area contributed by atoms with E-state index >= 15 is 0 Å². The quantitative estimate of drug-likeness (QED) is 0.759. The minimum atomic E-state index is 0.542. The number of allylic oxidation sites excluding steroid dienone is 2. The first-order chi connectivity index (χ1) is 8.77. The molecule has 1 atom stereocenters. The van der Waals surface area contributed by atoms with Crippen LogP contribution >= 0.6 is 0 Å². The van der Waals surface area contributed by atoms with Crippen molar-refractivity contribution in [2.24, 2.45) is 0 Å². The predicted octanol–water partition coefficient (Wildman–Crippen LogP) is 4.21. The van der Waals surface area contributed by atoms with Gasteiger partial charge in [-0.25, -0.2) is 0 Å². The van der Waals surface area contributed by atoms with E-state index in [1.165, 1.54) is 22.3 Å². The number of hydrogen-bond donors (Lipinski definition) is 0. The van der Waals surface area contributed by atoms with E-state index < -0.39 is 0 Å². The van der Waals surface area contributed by atoms with Crippen molar-refractivity contribution in [2.75, 3.05) is 0 Å². The summed E-state index contributed by atoms with van der Waals surface area (Å²) in [5, 5.41) is 0. The van der Waals surface area contributed by atoms with Crippen molar-refractivity contribution in [1.29, 1.82) is 0 Å².